The Hall–Kier alpha value is -1.33. The normalized spacial score (nSPS) is 12.1. The number of halogens is 2. The average molecular weight is 290 g/mol. The molecule has 1 aromatic rings. The summed E-state index contributed by atoms with van der Waals surface area (Å²) in [6.45, 7) is 1.96. The Morgan fingerprint density at radius 3 is 2.84 bits per heavy atom. The lowest BCUT2D eigenvalue weighted by molar-refractivity contribution is -0.132. The van der Waals surface area contributed by atoms with E-state index >= 15 is 0 Å². The number of amides is 1. The van der Waals surface area contributed by atoms with E-state index in [9.17, 15) is 9.18 Å². The Bertz CT molecular complexity index is 440. The van der Waals surface area contributed by atoms with Crippen LogP contribution in [0.5, 0.6) is 5.75 Å². The van der Waals surface area contributed by atoms with E-state index in [-0.39, 0.29) is 17.5 Å². The van der Waals surface area contributed by atoms with Gasteiger partial charge in [0.15, 0.2) is 6.61 Å². The molecular formula is C13H17ClFNO3. The molecule has 0 saturated heterocycles. The first-order valence-corrected chi connectivity index (χ1v) is 6.28. The Morgan fingerprint density at radius 1 is 1.58 bits per heavy atom. The monoisotopic (exact) mass is 289 g/mol. The molecule has 0 saturated carbocycles. The van der Waals surface area contributed by atoms with Gasteiger partial charge in [-0.2, -0.15) is 0 Å². The van der Waals surface area contributed by atoms with E-state index in [1.54, 1.807) is 14.0 Å². The van der Waals surface area contributed by atoms with Crippen LogP contribution in [0.4, 0.5) is 4.39 Å². The lowest BCUT2D eigenvalue weighted by Crippen LogP contribution is -2.33. The molecule has 6 heteroatoms. The van der Waals surface area contributed by atoms with Crippen LogP contribution in [-0.4, -0.2) is 42.2 Å². The third kappa shape index (κ3) is 5.44. The standard InChI is InChI=1S/C13H17ClFNO3/c1-9(17)5-6-16(2)13(18)8-19-10-3-4-12(15)11(14)7-10/h3-4,7,9,17H,5-6,8H2,1-2H3. The molecule has 1 amide bonds. The number of benzene rings is 1. The van der Waals surface area contributed by atoms with Gasteiger partial charge in [-0.1, -0.05) is 11.6 Å². The van der Waals surface area contributed by atoms with E-state index in [0.717, 1.165) is 0 Å². The Balaban J connectivity index is 2.42. The predicted octanol–water partition coefficient (Wildman–Crippen LogP) is 2.09. The minimum atomic E-state index is -0.533. The zero-order valence-corrected chi connectivity index (χ0v) is 11.7. The van der Waals surface area contributed by atoms with Gasteiger partial charge in [0.2, 0.25) is 0 Å². The molecule has 19 heavy (non-hydrogen) atoms. The topological polar surface area (TPSA) is 49.8 Å². The molecule has 0 spiro atoms. The molecule has 4 nitrogen and oxygen atoms in total. The molecule has 0 aliphatic heterocycles. The molecule has 0 aliphatic carbocycles. The van der Waals surface area contributed by atoms with E-state index < -0.39 is 11.9 Å². The summed E-state index contributed by atoms with van der Waals surface area (Å²) in [4.78, 5) is 13.2. The number of ether oxygens (including phenoxy) is 1. The van der Waals surface area contributed by atoms with Crippen LogP contribution in [0.1, 0.15) is 13.3 Å². The molecule has 1 atom stereocenters. The van der Waals surface area contributed by atoms with Crippen molar-refractivity contribution in [3.05, 3.63) is 29.0 Å². The van der Waals surface area contributed by atoms with Gasteiger partial charge in [0.05, 0.1) is 11.1 Å². The highest BCUT2D eigenvalue weighted by Gasteiger charge is 2.11. The van der Waals surface area contributed by atoms with Gasteiger partial charge < -0.3 is 14.7 Å². The van der Waals surface area contributed by atoms with Gasteiger partial charge in [0.25, 0.3) is 5.91 Å². The van der Waals surface area contributed by atoms with Gasteiger partial charge in [0.1, 0.15) is 11.6 Å². The molecule has 0 fully saturated rings. The fourth-order valence-electron chi connectivity index (χ4n) is 1.33. The highest BCUT2D eigenvalue weighted by molar-refractivity contribution is 6.30. The molecule has 0 radical (unpaired) electrons. The van der Waals surface area contributed by atoms with Crippen molar-refractivity contribution in [2.45, 2.75) is 19.4 Å². The van der Waals surface area contributed by atoms with Crippen molar-refractivity contribution in [1.82, 2.24) is 4.90 Å². The second-order valence-electron chi connectivity index (χ2n) is 4.32. The van der Waals surface area contributed by atoms with Crippen LogP contribution in [0.15, 0.2) is 18.2 Å². The maximum Gasteiger partial charge on any atom is 0.260 e. The quantitative estimate of drug-likeness (QED) is 0.872. The minimum Gasteiger partial charge on any atom is -0.484 e. The second-order valence-corrected chi connectivity index (χ2v) is 4.72. The van der Waals surface area contributed by atoms with Gasteiger partial charge in [-0.3, -0.25) is 4.79 Å². The molecule has 1 rings (SSSR count). The van der Waals surface area contributed by atoms with Crippen molar-refractivity contribution in [3.63, 3.8) is 0 Å². The highest BCUT2D eigenvalue weighted by atomic mass is 35.5. The average Bonchev–Trinajstić information content (AvgIpc) is 2.36. The summed E-state index contributed by atoms with van der Waals surface area (Å²) in [7, 11) is 1.63. The first-order chi connectivity index (χ1) is 8.90. The Kier molecular flexibility index (Phi) is 6.05. The number of nitrogens with zero attached hydrogens (tertiary/aromatic N) is 1. The molecule has 1 aromatic carbocycles. The third-order valence-corrected chi connectivity index (χ3v) is 2.85. The first kappa shape index (κ1) is 15.7. The molecule has 0 bridgehead atoms. The number of hydrogen-bond acceptors (Lipinski definition) is 3. The van der Waals surface area contributed by atoms with Crippen LogP contribution in [0, 0.1) is 5.82 Å². The molecule has 1 N–H and O–H groups in total. The van der Waals surface area contributed by atoms with Crippen molar-refractivity contribution in [3.8, 4) is 5.75 Å². The Morgan fingerprint density at radius 2 is 2.26 bits per heavy atom. The minimum absolute atomic E-state index is 0.0487. The number of carbonyl (C=O) groups excluding carboxylic acids is 1. The fourth-order valence-corrected chi connectivity index (χ4v) is 1.50. The molecule has 0 aromatic heterocycles. The SMILES string of the molecule is CC(O)CCN(C)C(=O)COc1ccc(F)c(Cl)c1. The van der Waals surface area contributed by atoms with Gasteiger partial charge in [0, 0.05) is 19.7 Å². The number of aliphatic hydroxyl groups excluding tert-OH is 1. The molecule has 106 valence electrons. The first-order valence-electron chi connectivity index (χ1n) is 5.90. The fraction of sp³-hybridized carbons (Fsp3) is 0.462. The number of likely N-dealkylation sites (N-methyl/N-ethyl adjacent to an activating group) is 1. The van der Waals surface area contributed by atoms with E-state index in [4.69, 9.17) is 21.4 Å². The number of hydrogen-bond donors (Lipinski definition) is 1. The van der Waals surface area contributed by atoms with E-state index in [0.29, 0.717) is 18.7 Å². The van der Waals surface area contributed by atoms with Crippen LogP contribution in [0.25, 0.3) is 0 Å². The molecular weight excluding hydrogens is 273 g/mol. The summed E-state index contributed by atoms with van der Waals surface area (Å²) in [6, 6.07) is 3.91. The summed E-state index contributed by atoms with van der Waals surface area (Å²) in [5.41, 5.74) is 0. The zero-order chi connectivity index (χ0) is 14.4. The summed E-state index contributed by atoms with van der Waals surface area (Å²) < 4.78 is 18.1. The van der Waals surface area contributed by atoms with Crippen molar-refractivity contribution in [1.29, 1.82) is 0 Å². The van der Waals surface area contributed by atoms with Crippen LogP contribution >= 0.6 is 11.6 Å². The zero-order valence-electron chi connectivity index (χ0n) is 10.9. The van der Waals surface area contributed by atoms with Gasteiger partial charge in [-0.15, -0.1) is 0 Å². The maximum absolute atomic E-state index is 12.9. The summed E-state index contributed by atoms with van der Waals surface area (Å²) >= 11 is 5.60. The number of rotatable bonds is 6. The number of aliphatic hydroxyl groups is 1. The maximum atomic E-state index is 12.9. The van der Waals surface area contributed by atoms with Crippen LogP contribution in [0.2, 0.25) is 5.02 Å². The lowest BCUT2D eigenvalue weighted by atomic mass is 10.3. The third-order valence-electron chi connectivity index (χ3n) is 2.56. The largest absolute Gasteiger partial charge is 0.484 e. The predicted molar refractivity (Wildman–Crippen MR) is 70.8 cm³/mol. The van der Waals surface area contributed by atoms with E-state index in [1.807, 2.05) is 0 Å². The van der Waals surface area contributed by atoms with Crippen molar-refractivity contribution < 1.29 is 19.0 Å². The van der Waals surface area contributed by atoms with Crippen molar-refractivity contribution in [2.24, 2.45) is 0 Å². The summed E-state index contributed by atoms with van der Waals surface area (Å²) in [6.07, 6.45) is 0.0528. The summed E-state index contributed by atoms with van der Waals surface area (Å²) in [5, 5.41) is 9.08. The van der Waals surface area contributed by atoms with Crippen molar-refractivity contribution >= 4 is 17.5 Å². The molecule has 1 unspecified atom stereocenters. The van der Waals surface area contributed by atoms with Gasteiger partial charge in [-0.05, 0) is 25.5 Å². The van der Waals surface area contributed by atoms with Crippen LogP contribution in [-0.2, 0) is 4.79 Å². The second kappa shape index (κ2) is 7.31. The lowest BCUT2D eigenvalue weighted by Gasteiger charge is -2.18. The molecule has 0 heterocycles. The van der Waals surface area contributed by atoms with Crippen molar-refractivity contribution in [2.75, 3.05) is 20.2 Å². The van der Waals surface area contributed by atoms with Gasteiger partial charge in [-0.25, -0.2) is 4.39 Å². The van der Waals surface area contributed by atoms with Crippen LogP contribution < -0.4 is 4.74 Å². The highest BCUT2D eigenvalue weighted by Crippen LogP contribution is 2.20. The Labute approximate surface area is 116 Å². The smallest absolute Gasteiger partial charge is 0.260 e. The van der Waals surface area contributed by atoms with E-state index in [2.05, 4.69) is 0 Å². The molecule has 0 aliphatic rings. The summed E-state index contributed by atoms with van der Waals surface area (Å²) in [5.74, 6) is -0.417. The number of carbonyl (C=O) groups is 1. The van der Waals surface area contributed by atoms with Gasteiger partial charge >= 0.3 is 0 Å². The van der Waals surface area contributed by atoms with Crippen LogP contribution in [0.3, 0.4) is 0 Å². The van der Waals surface area contributed by atoms with E-state index in [1.165, 1.54) is 23.1 Å².